The van der Waals surface area contributed by atoms with Crippen molar-refractivity contribution >= 4 is 11.9 Å². The van der Waals surface area contributed by atoms with E-state index in [0.717, 1.165) is 12.3 Å². The summed E-state index contributed by atoms with van der Waals surface area (Å²) in [7, 11) is 0. The molecule has 2 aliphatic rings. The van der Waals surface area contributed by atoms with Gasteiger partial charge in [-0.2, -0.15) is 18.4 Å². The number of carbonyl (C=O) groups excluding carboxylic acids is 1. The highest BCUT2D eigenvalue weighted by Gasteiger charge is 2.38. The zero-order valence-corrected chi connectivity index (χ0v) is 16.6. The van der Waals surface area contributed by atoms with Gasteiger partial charge in [-0.15, -0.1) is 6.42 Å². The molecular weight excluding hydrogens is 397 g/mol. The smallest absolute Gasteiger partial charge is 0.341 e. The van der Waals surface area contributed by atoms with Gasteiger partial charge in [0.15, 0.2) is 0 Å². The molecule has 2 saturated heterocycles. The summed E-state index contributed by atoms with van der Waals surface area (Å²) in [6.45, 7) is 2.93. The number of alkyl halides is 3. The van der Waals surface area contributed by atoms with Gasteiger partial charge in [0.25, 0.3) is 0 Å². The van der Waals surface area contributed by atoms with Crippen LogP contribution < -0.4 is 10.2 Å². The number of hydrogen-bond acceptors (Lipinski definition) is 6. The van der Waals surface area contributed by atoms with E-state index < -0.39 is 17.9 Å². The Morgan fingerprint density at radius 1 is 1.37 bits per heavy atom. The summed E-state index contributed by atoms with van der Waals surface area (Å²) in [6.07, 6.45) is 4.46. The van der Waals surface area contributed by atoms with Crippen molar-refractivity contribution in [2.45, 2.75) is 56.4 Å². The standard InChI is InChI=1S/C20H23F3N6O/c1-3-14-4-5-15(12-24)29(14)17(30)13-26-19(2)7-10-28(11-8-19)18-25-9-6-16(27-18)20(21,22)23/h1,6,9,14-15,26H,4-5,7-8,10-11,13H2,2H3/t14-,15-/m0/s1. The molecule has 0 aliphatic carbocycles. The third-order valence-corrected chi connectivity index (χ3v) is 5.76. The number of hydrogen-bond donors (Lipinski definition) is 1. The predicted molar refractivity (Wildman–Crippen MR) is 103 cm³/mol. The van der Waals surface area contributed by atoms with Crippen molar-refractivity contribution in [3.05, 3.63) is 18.0 Å². The summed E-state index contributed by atoms with van der Waals surface area (Å²) in [5, 5.41) is 12.5. The van der Waals surface area contributed by atoms with E-state index in [1.807, 2.05) is 6.92 Å². The van der Waals surface area contributed by atoms with E-state index in [2.05, 4.69) is 27.3 Å². The molecule has 0 spiro atoms. The first-order valence-electron chi connectivity index (χ1n) is 9.74. The first-order chi connectivity index (χ1) is 14.2. The van der Waals surface area contributed by atoms with E-state index in [1.165, 1.54) is 4.90 Å². The molecule has 7 nitrogen and oxygen atoms in total. The van der Waals surface area contributed by atoms with Crippen LogP contribution in [0.15, 0.2) is 12.3 Å². The summed E-state index contributed by atoms with van der Waals surface area (Å²) in [5.74, 6) is 2.41. The minimum absolute atomic E-state index is 0.0485. The maximum absolute atomic E-state index is 12.9. The van der Waals surface area contributed by atoms with E-state index in [1.54, 1.807) is 4.90 Å². The van der Waals surface area contributed by atoms with Gasteiger partial charge in [-0.3, -0.25) is 4.79 Å². The topological polar surface area (TPSA) is 85.2 Å². The van der Waals surface area contributed by atoms with Crippen LogP contribution in [0, 0.1) is 23.7 Å². The van der Waals surface area contributed by atoms with Crippen molar-refractivity contribution < 1.29 is 18.0 Å². The predicted octanol–water partition coefficient (Wildman–Crippen LogP) is 1.96. The third kappa shape index (κ3) is 4.65. The number of nitrogens with zero attached hydrogens (tertiary/aromatic N) is 5. The van der Waals surface area contributed by atoms with Crippen LogP contribution in [0.1, 0.15) is 38.3 Å². The van der Waals surface area contributed by atoms with Gasteiger partial charge >= 0.3 is 6.18 Å². The third-order valence-electron chi connectivity index (χ3n) is 5.76. The SMILES string of the molecule is C#C[C@H]1CC[C@@H](C#N)N1C(=O)CNC1(C)CCN(c2nccc(C(F)(F)F)n2)CC1. The minimum Gasteiger partial charge on any atom is -0.341 e. The lowest BCUT2D eigenvalue weighted by atomic mass is 9.89. The number of nitriles is 1. The summed E-state index contributed by atoms with van der Waals surface area (Å²) in [5.41, 5.74) is -1.34. The van der Waals surface area contributed by atoms with Crippen molar-refractivity contribution in [1.29, 1.82) is 5.26 Å². The van der Waals surface area contributed by atoms with Gasteiger partial charge in [-0.25, -0.2) is 9.97 Å². The Morgan fingerprint density at radius 2 is 2.03 bits per heavy atom. The summed E-state index contributed by atoms with van der Waals surface area (Å²) >= 11 is 0. The molecule has 2 atom stereocenters. The number of amides is 1. The second-order valence-corrected chi connectivity index (χ2v) is 7.85. The molecule has 3 rings (SSSR count). The number of anilines is 1. The number of nitrogens with one attached hydrogen (secondary N) is 1. The van der Waals surface area contributed by atoms with E-state index in [4.69, 9.17) is 6.42 Å². The number of rotatable bonds is 4. The first-order valence-corrected chi connectivity index (χ1v) is 9.74. The molecule has 10 heteroatoms. The van der Waals surface area contributed by atoms with E-state index in [-0.39, 0.29) is 30.0 Å². The fourth-order valence-electron chi connectivity index (χ4n) is 3.87. The van der Waals surface area contributed by atoms with E-state index in [9.17, 15) is 23.2 Å². The number of piperidine rings is 1. The summed E-state index contributed by atoms with van der Waals surface area (Å²) in [4.78, 5) is 23.5. The van der Waals surface area contributed by atoms with Gasteiger partial charge in [-0.1, -0.05) is 5.92 Å². The molecule has 2 fully saturated rings. The van der Waals surface area contributed by atoms with Crippen molar-refractivity contribution in [3.8, 4) is 18.4 Å². The largest absolute Gasteiger partial charge is 0.433 e. The molecule has 3 heterocycles. The average molecular weight is 420 g/mol. The fraction of sp³-hybridized carbons (Fsp3) is 0.600. The van der Waals surface area contributed by atoms with Crippen molar-refractivity contribution in [2.24, 2.45) is 0 Å². The molecule has 30 heavy (non-hydrogen) atoms. The lowest BCUT2D eigenvalue weighted by molar-refractivity contribution is -0.141. The number of carbonyl (C=O) groups is 1. The Morgan fingerprint density at radius 3 is 2.63 bits per heavy atom. The highest BCUT2D eigenvalue weighted by Crippen LogP contribution is 2.30. The molecule has 0 saturated carbocycles. The van der Waals surface area contributed by atoms with Gasteiger partial charge in [0.1, 0.15) is 11.7 Å². The van der Waals surface area contributed by atoms with Crippen LogP contribution in [0.2, 0.25) is 0 Å². The van der Waals surface area contributed by atoms with E-state index in [0.29, 0.717) is 38.8 Å². The van der Waals surface area contributed by atoms with Crippen LogP contribution in [-0.4, -0.2) is 58.0 Å². The van der Waals surface area contributed by atoms with Gasteiger partial charge < -0.3 is 15.1 Å². The van der Waals surface area contributed by atoms with Crippen LogP contribution in [-0.2, 0) is 11.0 Å². The number of halogens is 3. The van der Waals surface area contributed by atoms with Crippen LogP contribution in [0.3, 0.4) is 0 Å². The quantitative estimate of drug-likeness (QED) is 0.750. The number of terminal acetylenes is 1. The highest BCUT2D eigenvalue weighted by molar-refractivity contribution is 5.80. The Hall–Kier alpha value is -2.85. The first kappa shape index (κ1) is 21.8. The van der Waals surface area contributed by atoms with Crippen molar-refractivity contribution in [1.82, 2.24) is 20.2 Å². The molecule has 1 aromatic heterocycles. The Balaban J connectivity index is 1.57. The molecule has 160 valence electrons. The lowest BCUT2D eigenvalue weighted by Crippen LogP contribution is -2.55. The molecular formula is C20H23F3N6O. The van der Waals surface area contributed by atoms with Crippen molar-refractivity contribution in [3.63, 3.8) is 0 Å². The summed E-state index contributed by atoms with van der Waals surface area (Å²) < 4.78 is 38.6. The highest BCUT2D eigenvalue weighted by atomic mass is 19.4. The molecule has 0 bridgehead atoms. The van der Waals surface area contributed by atoms with Gasteiger partial charge in [0, 0.05) is 24.8 Å². The Labute approximate surface area is 173 Å². The molecule has 0 aromatic carbocycles. The fourth-order valence-corrected chi connectivity index (χ4v) is 3.87. The number of aromatic nitrogens is 2. The minimum atomic E-state index is -4.52. The Bertz CT molecular complexity index is 845. The molecule has 0 radical (unpaired) electrons. The van der Waals surface area contributed by atoms with Crippen LogP contribution in [0.4, 0.5) is 19.1 Å². The normalized spacial score (nSPS) is 23.7. The van der Waals surface area contributed by atoms with Gasteiger partial charge in [-0.05, 0) is 38.7 Å². The summed E-state index contributed by atoms with van der Waals surface area (Å²) in [6, 6.07) is 2.10. The molecule has 1 amide bonds. The van der Waals surface area contributed by atoms with E-state index >= 15 is 0 Å². The second-order valence-electron chi connectivity index (χ2n) is 7.85. The molecule has 1 aromatic rings. The zero-order valence-electron chi connectivity index (χ0n) is 16.6. The van der Waals surface area contributed by atoms with Gasteiger partial charge in [0.2, 0.25) is 11.9 Å². The number of likely N-dealkylation sites (tertiary alicyclic amines) is 1. The van der Waals surface area contributed by atoms with Crippen LogP contribution in [0.25, 0.3) is 0 Å². The molecule has 0 unspecified atom stereocenters. The van der Waals surface area contributed by atoms with Gasteiger partial charge in [0.05, 0.1) is 18.7 Å². The maximum atomic E-state index is 12.9. The molecule has 2 aliphatic heterocycles. The monoisotopic (exact) mass is 420 g/mol. The average Bonchev–Trinajstić information content (AvgIpc) is 3.15. The zero-order chi connectivity index (χ0) is 21.9. The van der Waals surface area contributed by atoms with Crippen LogP contribution in [0.5, 0.6) is 0 Å². The van der Waals surface area contributed by atoms with Crippen LogP contribution >= 0.6 is 0 Å². The lowest BCUT2D eigenvalue weighted by Gasteiger charge is -2.40. The van der Waals surface area contributed by atoms with Crippen molar-refractivity contribution in [2.75, 3.05) is 24.5 Å². The Kier molecular flexibility index (Phi) is 6.18. The second kappa shape index (κ2) is 8.49. The molecule has 1 N–H and O–H groups in total. The maximum Gasteiger partial charge on any atom is 0.433 e.